The molecule has 0 aliphatic heterocycles. The molecule has 0 fully saturated rings. The predicted octanol–water partition coefficient (Wildman–Crippen LogP) is 2.53. The molecule has 0 spiro atoms. The molecule has 0 radical (unpaired) electrons. The van der Waals surface area contributed by atoms with Crippen LogP contribution in [0.15, 0.2) is 18.2 Å². The Hall–Kier alpha value is -2.30. The Labute approximate surface area is 110 Å². The molecule has 0 saturated heterocycles. The Balaban J connectivity index is 2.47. The first-order valence-corrected chi connectivity index (χ1v) is 5.93. The van der Waals surface area contributed by atoms with E-state index in [0.29, 0.717) is 16.8 Å². The summed E-state index contributed by atoms with van der Waals surface area (Å²) in [5.74, 6) is -0.582. The number of aromatic nitrogens is 1. The molecule has 5 nitrogen and oxygen atoms in total. The fourth-order valence-corrected chi connectivity index (χ4v) is 1.94. The van der Waals surface area contributed by atoms with Crippen molar-refractivity contribution < 1.29 is 19.4 Å². The first-order valence-electron chi connectivity index (χ1n) is 5.93. The number of hydrogen-bond donors (Lipinski definition) is 2. The molecule has 0 amide bonds. The third-order valence-electron chi connectivity index (χ3n) is 3.06. The highest BCUT2D eigenvalue weighted by molar-refractivity contribution is 6.05. The van der Waals surface area contributed by atoms with Crippen molar-refractivity contribution in [3.8, 4) is 5.75 Å². The van der Waals surface area contributed by atoms with Crippen molar-refractivity contribution in [3.05, 3.63) is 29.5 Å². The van der Waals surface area contributed by atoms with Gasteiger partial charge in [0.2, 0.25) is 0 Å². The molecule has 0 saturated carbocycles. The Morgan fingerprint density at radius 3 is 2.63 bits per heavy atom. The van der Waals surface area contributed by atoms with Gasteiger partial charge in [-0.05, 0) is 39.0 Å². The molecule has 100 valence electrons. The van der Waals surface area contributed by atoms with Crippen molar-refractivity contribution in [1.29, 1.82) is 0 Å². The number of ether oxygens (including phenoxy) is 1. The molecule has 1 unspecified atom stereocenters. The predicted molar refractivity (Wildman–Crippen MR) is 70.8 cm³/mol. The van der Waals surface area contributed by atoms with E-state index in [0.717, 1.165) is 5.52 Å². The van der Waals surface area contributed by atoms with Crippen LogP contribution in [-0.4, -0.2) is 27.9 Å². The van der Waals surface area contributed by atoms with E-state index in [1.807, 2.05) is 0 Å². The number of rotatable bonds is 4. The van der Waals surface area contributed by atoms with Gasteiger partial charge in [-0.3, -0.25) is 4.79 Å². The lowest BCUT2D eigenvalue weighted by Gasteiger charge is -2.11. The van der Waals surface area contributed by atoms with Crippen molar-refractivity contribution in [2.24, 2.45) is 0 Å². The lowest BCUT2D eigenvalue weighted by Crippen LogP contribution is -2.20. The van der Waals surface area contributed by atoms with Crippen molar-refractivity contribution in [2.45, 2.75) is 26.9 Å². The zero-order valence-corrected chi connectivity index (χ0v) is 11.0. The molecule has 1 aromatic carbocycles. The molecule has 0 aliphatic rings. The molecular formula is C14H15NO4. The fraction of sp³-hybridized carbons (Fsp3) is 0.286. The number of hydrogen-bond acceptors (Lipinski definition) is 3. The van der Waals surface area contributed by atoms with Crippen LogP contribution in [-0.2, 0) is 4.79 Å². The zero-order chi connectivity index (χ0) is 14.2. The molecule has 1 heterocycles. The molecular weight excluding hydrogens is 246 g/mol. The topological polar surface area (TPSA) is 79.4 Å². The minimum atomic E-state index is -0.986. The summed E-state index contributed by atoms with van der Waals surface area (Å²) in [6.45, 7) is 4.82. The number of fused-ring (bicyclic) bond motifs is 1. The summed E-state index contributed by atoms with van der Waals surface area (Å²) in [5, 5.41) is 9.78. The number of ketones is 1. The number of H-pyrrole nitrogens is 1. The molecule has 5 heteroatoms. The van der Waals surface area contributed by atoms with Crippen LogP contribution >= 0.6 is 0 Å². The van der Waals surface area contributed by atoms with Crippen molar-refractivity contribution in [3.63, 3.8) is 0 Å². The monoisotopic (exact) mass is 261 g/mol. The van der Waals surface area contributed by atoms with Crippen LogP contribution in [0.4, 0.5) is 0 Å². The molecule has 19 heavy (non-hydrogen) atoms. The number of carbonyl (C=O) groups excluding carboxylic acids is 1. The fourth-order valence-electron chi connectivity index (χ4n) is 1.94. The van der Waals surface area contributed by atoms with Crippen LogP contribution in [0, 0.1) is 6.92 Å². The summed E-state index contributed by atoms with van der Waals surface area (Å²) in [5.41, 5.74) is 1.56. The number of carboxylic acids is 1. The number of aromatic carboxylic acids is 1. The Bertz CT molecular complexity index is 657. The maximum atomic E-state index is 11.2. The van der Waals surface area contributed by atoms with E-state index in [-0.39, 0.29) is 11.3 Å². The summed E-state index contributed by atoms with van der Waals surface area (Å²) in [4.78, 5) is 25.4. The van der Waals surface area contributed by atoms with E-state index >= 15 is 0 Å². The highest BCUT2D eigenvalue weighted by Crippen LogP contribution is 2.27. The zero-order valence-electron chi connectivity index (χ0n) is 11.0. The smallest absolute Gasteiger partial charge is 0.338 e. The second-order valence-electron chi connectivity index (χ2n) is 4.51. The minimum absolute atomic E-state index is 0.0798. The van der Waals surface area contributed by atoms with E-state index in [2.05, 4.69) is 4.98 Å². The van der Waals surface area contributed by atoms with Crippen LogP contribution in [0.3, 0.4) is 0 Å². The van der Waals surface area contributed by atoms with Gasteiger partial charge in [-0.15, -0.1) is 0 Å². The van der Waals surface area contributed by atoms with Gasteiger partial charge in [-0.1, -0.05) is 0 Å². The van der Waals surface area contributed by atoms with Crippen LogP contribution < -0.4 is 4.74 Å². The van der Waals surface area contributed by atoms with Gasteiger partial charge in [0.05, 0.1) is 5.56 Å². The number of aryl methyl sites for hydroxylation is 1. The number of nitrogens with one attached hydrogen (secondary N) is 1. The van der Waals surface area contributed by atoms with E-state index in [9.17, 15) is 14.7 Å². The van der Waals surface area contributed by atoms with E-state index in [1.165, 1.54) is 6.92 Å². The number of carboxylic acid groups (broad SMARTS) is 1. The van der Waals surface area contributed by atoms with Gasteiger partial charge in [0, 0.05) is 16.6 Å². The quantitative estimate of drug-likeness (QED) is 0.886. The summed E-state index contributed by atoms with van der Waals surface area (Å²) in [6, 6.07) is 5.10. The number of Topliss-reactive ketones (excluding diaryl/α,β-unsaturated/α-hetero) is 1. The third-order valence-corrected chi connectivity index (χ3v) is 3.06. The molecule has 2 aromatic rings. The Morgan fingerprint density at radius 2 is 2.05 bits per heavy atom. The number of carbonyl (C=O) groups is 2. The van der Waals surface area contributed by atoms with E-state index in [4.69, 9.17) is 4.74 Å². The van der Waals surface area contributed by atoms with Crippen LogP contribution in [0.2, 0.25) is 0 Å². The molecule has 2 N–H and O–H groups in total. The minimum Gasteiger partial charge on any atom is -0.483 e. The van der Waals surface area contributed by atoms with Gasteiger partial charge in [-0.25, -0.2) is 4.79 Å². The average Bonchev–Trinajstić information content (AvgIpc) is 2.64. The van der Waals surface area contributed by atoms with Crippen LogP contribution in [0.1, 0.15) is 29.9 Å². The van der Waals surface area contributed by atoms with Crippen LogP contribution in [0.25, 0.3) is 10.9 Å². The van der Waals surface area contributed by atoms with Crippen molar-refractivity contribution in [1.82, 2.24) is 4.98 Å². The maximum Gasteiger partial charge on any atom is 0.338 e. The second kappa shape index (κ2) is 4.76. The largest absolute Gasteiger partial charge is 0.483 e. The molecule has 1 atom stereocenters. The van der Waals surface area contributed by atoms with Crippen molar-refractivity contribution >= 4 is 22.7 Å². The highest BCUT2D eigenvalue weighted by atomic mass is 16.5. The summed E-state index contributed by atoms with van der Waals surface area (Å²) in [6.07, 6.45) is -0.550. The maximum absolute atomic E-state index is 11.2. The lowest BCUT2D eigenvalue weighted by atomic mass is 10.1. The normalized spacial score (nSPS) is 12.4. The van der Waals surface area contributed by atoms with Gasteiger partial charge in [0.25, 0.3) is 0 Å². The second-order valence-corrected chi connectivity index (χ2v) is 4.51. The summed E-state index contributed by atoms with van der Waals surface area (Å²) < 4.78 is 5.47. The molecule has 2 rings (SSSR count). The SMILES string of the molecule is CC(=O)C(C)Oc1ccc2[nH]c(C)c(C(=O)O)c2c1. The number of benzene rings is 1. The molecule has 0 bridgehead atoms. The van der Waals surface area contributed by atoms with E-state index in [1.54, 1.807) is 32.0 Å². The van der Waals surface area contributed by atoms with E-state index < -0.39 is 12.1 Å². The Kier molecular flexibility index (Phi) is 3.29. The van der Waals surface area contributed by atoms with Gasteiger partial charge in [0.1, 0.15) is 5.75 Å². The summed E-state index contributed by atoms with van der Waals surface area (Å²) in [7, 11) is 0. The third kappa shape index (κ3) is 2.45. The van der Waals surface area contributed by atoms with Gasteiger partial charge < -0.3 is 14.8 Å². The number of aromatic amines is 1. The van der Waals surface area contributed by atoms with Crippen LogP contribution in [0.5, 0.6) is 5.75 Å². The first-order chi connectivity index (χ1) is 8.90. The first kappa shape index (κ1) is 13.1. The Morgan fingerprint density at radius 1 is 1.37 bits per heavy atom. The highest BCUT2D eigenvalue weighted by Gasteiger charge is 2.16. The summed E-state index contributed by atoms with van der Waals surface area (Å²) >= 11 is 0. The van der Waals surface area contributed by atoms with Gasteiger partial charge in [0.15, 0.2) is 11.9 Å². The van der Waals surface area contributed by atoms with Gasteiger partial charge in [-0.2, -0.15) is 0 Å². The van der Waals surface area contributed by atoms with Crippen molar-refractivity contribution in [2.75, 3.05) is 0 Å². The standard InChI is InChI=1S/C14H15NO4/c1-7-13(14(17)18)11-6-10(4-5-12(11)15-7)19-9(3)8(2)16/h4-6,9,15H,1-3H3,(H,17,18). The molecule has 0 aliphatic carbocycles. The lowest BCUT2D eigenvalue weighted by molar-refractivity contribution is -0.122. The van der Waals surface area contributed by atoms with Gasteiger partial charge >= 0.3 is 5.97 Å². The average molecular weight is 261 g/mol. The molecule has 1 aromatic heterocycles.